The highest BCUT2D eigenvalue weighted by atomic mass is 16.5. The lowest BCUT2D eigenvalue weighted by atomic mass is 10.2. The summed E-state index contributed by atoms with van der Waals surface area (Å²) in [5.74, 6) is 1.05. The van der Waals surface area contributed by atoms with Crippen LogP contribution in [-0.4, -0.2) is 44.9 Å². The molecular formula is C18H19N5O3. The molecule has 134 valence electrons. The average Bonchev–Trinajstić information content (AvgIpc) is 3.29. The van der Waals surface area contributed by atoms with E-state index < -0.39 is 6.09 Å². The van der Waals surface area contributed by atoms with Crippen molar-refractivity contribution in [3.05, 3.63) is 48.5 Å². The number of carbonyl (C=O) groups is 1. The number of rotatable bonds is 5. The molecule has 1 aliphatic heterocycles. The molecule has 0 saturated carbocycles. The highest BCUT2D eigenvalue weighted by Crippen LogP contribution is 2.25. The summed E-state index contributed by atoms with van der Waals surface area (Å²) < 4.78 is 6.99. The first kappa shape index (κ1) is 16.5. The van der Waals surface area contributed by atoms with Gasteiger partial charge in [0.1, 0.15) is 12.1 Å². The predicted molar refractivity (Wildman–Crippen MR) is 95.6 cm³/mol. The maximum atomic E-state index is 11.2. The number of hydrogen-bond donors (Lipinski definition) is 3. The summed E-state index contributed by atoms with van der Waals surface area (Å²) in [5.41, 5.74) is 1.47. The number of carboxylic acid groups (broad SMARTS) is 1. The molecule has 8 nitrogen and oxygen atoms in total. The van der Waals surface area contributed by atoms with Crippen molar-refractivity contribution in [2.45, 2.75) is 19.0 Å². The first-order valence-electron chi connectivity index (χ1n) is 8.46. The standard InChI is InChI=1S/C18H19N5O3/c24-18(25)23-6-4-12-7-15(1-2-16(12)23)26-17-8-14(21-11-22-17)10-20-13-3-5-19-9-13/h1-2,4,6-8,11,13,19-20H,3,5,9-10H2,(H,24,25). The van der Waals surface area contributed by atoms with Crippen molar-refractivity contribution in [2.75, 3.05) is 13.1 Å². The van der Waals surface area contributed by atoms with Crippen molar-refractivity contribution in [1.29, 1.82) is 0 Å². The molecule has 0 spiro atoms. The smallest absolute Gasteiger partial charge is 0.415 e. The van der Waals surface area contributed by atoms with E-state index in [1.165, 1.54) is 17.1 Å². The van der Waals surface area contributed by atoms with Crippen LogP contribution in [0.4, 0.5) is 4.79 Å². The monoisotopic (exact) mass is 353 g/mol. The number of benzene rings is 1. The van der Waals surface area contributed by atoms with Crippen LogP contribution in [0.3, 0.4) is 0 Å². The second kappa shape index (κ2) is 7.11. The molecular weight excluding hydrogens is 334 g/mol. The number of hydrogen-bond acceptors (Lipinski definition) is 6. The zero-order valence-electron chi connectivity index (χ0n) is 14.1. The topological polar surface area (TPSA) is 101 Å². The van der Waals surface area contributed by atoms with Crippen molar-refractivity contribution in [2.24, 2.45) is 0 Å². The maximum Gasteiger partial charge on any atom is 0.415 e. The molecule has 1 aromatic carbocycles. The molecule has 3 aromatic rings. The number of fused-ring (bicyclic) bond motifs is 1. The lowest BCUT2D eigenvalue weighted by Gasteiger charge is -2.11. The van der Waals surface area contributed by atoms with Crippen LogP contribution in [0, 0.1) is 0 Å². The van der Waals surface area contributed by atoms with Gasteiger partial charge >= 0.3 is 6.09 Å². The van der Waals surface area contributed by atoms with Crippen LogP contribution in [0.25, 0.3) is 10.9 Å². The lowest BCUT2D eigenvalue weighted by Crippen LogP contribution is -2.30. The molecule has 1 atom stereocenters. The van der Waals surface area contributed by atoms with Gasteiger partial charge in [-0.15, -0.1) is 0 Å². The van der Waals surface area contributed by atoms with Crippen LogP contribution in [-0.2, 0) is 6.54 Å². The quantitative estimate of drug-likeness (QED) is 0.646. The fourth-order valence-corrected chi connectivity index (χ4v) is 3.08. The Labute approximate surface area is 149 Å². The van der Waals surface area contributed by atoms with Crippen LogP contribution in [0.2, 0.25) is 0 Å². The second-order valence-electron chi connectivity index (χ2n) is 6.21. The molecule has 3 heterocycles. The third kappa shape index (κ3) is 3.51. The van der Waals surface area contributed by atoms with Gasteiger partial charge < -0.3 is 20.5 Å². The van der Waals surface area contributed by atoms with Crippen molar-refractivity contribution < 1.29 is 14.6 Å². The molecule has 0 radical (unpaired) electrons. The molecule has 3 N–H and O–H groups in total. The fraction of sp³-hybridized carbons (Fsp3) is 0.278. The zero-order chi connectivity index (χ0) is 17.9. The molecule has 4 rings (SSSR count). The summed E-state index contributed by atoms with van der Waals surface area (Å²) in [6.07, 6.45) is 3.10. The summed E-state index contributed by atoms with van der Waals surface area (Å²) in [4.78, 5) is 19.6. The summed E-state index contributed by atoms with van der Waals surface area (Å²) in [6, 6.07) is 9.25. The Hall–Kier alpha value is -2.97. The zero-order valence-corrected chi connectivity index (χ0v) is 14.1. The van der Waals surface area contributed by atoms with E-state index in [2.05, 4.69) is 20.6 Å². The Morgan fingerprint density at radius 3 is 3.08 bits per heavy atom. The highest BCUT2D eigenvalue weighted by molar-refractivity contribution is 5.89. The Balaban J connectivity index is 1.47. The van der Waals surface area contributed by atoms with Crippen molar-refractivity contribution in [3.8, 4) is 11.6 Å². The number of aromatic nitrogens is 3. The van der Waals surface area contributed by atoms with Gasteiger partial charge in [0, 0.05) is 36.8 Å². The van der Waals surface area contributed by atoms with E-state index in [1.807, 2.05) is 6.07 Å². The highest BCUT2D eigenvalue weighted by Gasteiger charge is 2.14. The normalized spacial score (nSPS) is 16.8. The summed E-state index contributed by atoms with van der Waals surface area (Å²) in [7, 11) is 0. The molecule has 2 aromatic heterocycles. The number of nitrogens with zero attached hydrogens (tertiary/aromatic N) is 3. The van der Waals surface area contributed by atoms with E-state index in [-0.39, 0.29) is 0 Å². The van der Waals surface area contributed by atoms with E-state index in [9.17, 15) is 4.79 Å². The fourth-order valence-electron chi connectivity index (χ4n) is 3.08. The molecule has 1 aliphatic rings. The van der Waals surface area contributed by atoms with Crippen LogP contribution < -0.4 is 15.4 Å². The Morgan fingerprint density at radius 2 is 2.27 bits per heavy atom. The molecule has 1 fully saturated rings. The van der Waals surface area contributed by atoms with E-state index in [4.69, 9.17) is 9.84 Å². The van der Waals surface area contributed by atoms with Gasteiger partial charge in [-0.05, 0) is 37.2 Å². The maximum absolute atomic E-state index is 11.2. The van der Waals surface area contributed by atoms with Crippen LogP contribution in [0.5, 0.6) is 11.6 Å². The Kier molecular flexibility index (Phi) is 4.51. The Bertz CT molecular complexity index is 933. The van der Waals surface area contributed by atoms with Gasteiger partial charge in [0.2, 0.25) is 5.88 Å². The van der Waals surface area contributed by atoms with Gasteiger partial charge in [0.25, 0.3) is 0 Å². The van der Waals surface area contributed by atoms with Gasteiger partial charge in [-0.3, -0.25) is 4.57 Å². The van der Waals surface area contributed by atoms with Crippen molar-refractivity contribution in [3.63, 3.8) is 0 Å². The van der Waals surface area contributed by atoms with Crippen molar-refractivity contribution in [1.82, 2.24) is 25.2 Å². The summed E-state index contributed by atoms with van der Waals surface area (Å²) in [6.45, 7) is 2.68. The average molecular weight is 353 g/mol. The lowest BCUT2D eigenvalue weighted by molar-refractivity contribution is 0.197. The largest absolute Gasteiger partial charge is 0.464 e. The van der Waals surface area contributed by atoms with Crippen molar-refractivity contribution >= 4 is 17.0 Å². The van der Waals surface area contributed by atoms with E-state index in [0.717, 1.165) is 30.6 Å². The first-order chi connectivity index (χ1) is 12.7. The number of nitrogens with one attached hydrogen (secondary N) is 2. The van der Waals surface area contributed by atoms with E-state index >= 15 is 0 Å². The molecule has 1 unspecified atom stereocenters. The van der Waals surface area contributed by atoms with Crippen LogP contribution >= 0.6 is 0 Å². The second-order valence-corrected chi connectivity index (χ2v) is 6.21. The minimum atomic E-state index is -1.01. The third-order valence-corrected chi connectivity index (χ3v) is 4.42. The van der Waals surface area contributed by atoms with Crippen LogP contribution in [0.15, 0.2) is 42.9 Å². The van der Waals surface area contributed by atoms with Gasteiger partial charge in [-0.1, -0.05) is 0 Å². The van der Waals surface area contributed by atoms with Gasteiger partial charge in [0.05, 0.1) is 11.2 Å². The summed E-state index contributed by atoms with van der Waals surface area (Å²) >= 11 is 0. The molecule has 0 bridgehead atoms. The minimum absolute atomic E-state index is 0.457. The predicted octanol–water partition coefficient (Wildman–Crippen LogP) is 2.20. The third-order valence-electron chi connectivity index (χ3n) is 4.42. The minimum Gasteiger partial charge on any atom is -0.464 e. The van der Waals surface area contributed by atoms with Crippen LogP contribution in [0.1, 0.15) is 12.1 Å². The van der Waals surface area contributed by atoms with Gasteiger partial charge in [-0.25, -0.2) is 14.8 Å². The molecule has 0 aliphatic carbocycles. The molecule has 26 heavy (non-hydrogen) atoms. The van der Waals surface area contributed by atoms with Gasteiger partial charge in [-0.2, -0.15) is 0 Å². The summed E-state index contributed by atoms with van der Waals surface area (Å²) in [5, 5.41) is 16.7. The first-order valence-corrected chi connectivity index (χ1v) is 8.46. The van der Waals surface area contributed by atoms with E-state index in [0.29, 0.717) is 29.7 Å². The SMILES string of the molecule is O=C(O)n1ccc2cc(Oc3cc(CNC4CCNC4)ncn3)ccc21. The molecule has 8 heteroatoms. The Morgan fingerprint density at radius 1 is 1.35 bits per heavy atom. The van der Waals surface area contributed by atoms with Gasteiger partial charge in [0.15, 0.2) is 0 Å². The van der Waals surface area contributed by atoms with E-state index in [1.54, 1.807) is 24.3 Å². The molecule has 0 amide bonds. The molecule has 1 saturated heterocycles. The number of ether oxygens (including phenoxy) is 1.